The molecule has 1 N–H and O–H groups in total. The van der Waals surface area contributed by atoms with Crippen LogP contribution in [-0.4, -0.2) is 23.4 Å². The molecule has 0 fully saturated rings. The van der Waals surface area contributed by atoms with Crippen LogP contribution in [0, 0.1) is 5.92 Å². The second-order valence-electron chi connectivity index (χ2n) is 6.90. The van der Waals surface area contributed by atoms with Gasteiger partial charge in [0, 0.05) is 12.1 Å². The van der Waals surface area contributed by atoms with Gasteiger partial charge in [-0.2, -0.15) is 4.98 Å². The van der Waals surface area contributed by atoms with E-state index in [0.29, 0.717) is 37.4 Å². The molecule has 0 spiro atoms. The molecule has 2 heterocycles. The van der Waals surface area contributed by atoms with Gasteiger partial charge in [-0.25, -0.2) is 0 Å². The summed E-state index contributed by atoms with van der Waals surface area (Å²) in [5.41, 5.74) is 2.06. The van der Waals surface area contributed by atoms with Crippen molar-refractivity contribution in [3.8, 4) is 22.9 Å². The quantitative estimate of drug-likeness (QED) is 0.712. The van der Waals surface area contributed by atoms with Crippen LogP contribution in [0.4, 0.5) is 0 Å². The predicted octanol–water partition coefficient (Wildman–Crippen LogP) is 3.99. The summed E-state index contributed by atoms with van der Waals surface area (Å²) in [6, 6.07) is 15.8. The van der Waals surface area contributed by atoms with Crippen LogP contribution in [0.2, 0.25) is 0 Å². The molecule has 1 aromatic heterocycles. The Morgan fingerprint density at radius 1 is 1.00 bits per heavy atom. The first-order valence-corrected chi connectivity index (χ1v) is 9.21. The van der Waals surface area contributed by atoms with E-state index < -0.39 is 0 Å². The van der Waals surface area contributed by atoms with Gasteiger partial charge >= 0.3 is 0 Å². The van der Waals surface area contributed by atoms with Gasteiger partial charge in [-0.1, -0.05) is 55.4 Å². The zero-order chi connectivity index (χ0) is 18.6. The smallest absolute Gasteiger partial charge is 0.244 e. The van der Waals surface area contributed by atoms with Crippen molar-refractivity contribution in [1.82, 2.24) is 15.5 Å². The van der Waals surface area contributed by atoms with E-state index in [1.54, 1.807) is 0 Å². The fourth-order valence-electron chi connectivity index (χ4n) is 3.10. The van der Waals surface area contributed by atoms with E-state index in [1.165, 1.54) is 0 Å². The summed E-state index contributed by atoms with van der Waals surface area (Å²) in [4.78, 5) is 4.60. The number of ether oxygens (including phenoxy) is 2. The van der Waals surface area contributed by atoms with Gasteiger partial charge in [0.2, 0.25) is 11.7 Å². The Kier molecular flexibility index (Phi) is 5.07. The van der Waals surface area contributed by atoms with Gasteiger partial charge in [-0.05, 0) is 23.6 Å². The molecule has 0 aliphatic carbocycles. The molecule has 0 bridgehead atoms. The second kappa shape index (κ2) is 7.80. The molecule has 27 heavy (non-hydrogen) atoms. The largest absolute Gasteiger partial charge is 0.486 e. The molecular weight excluding hydrogens is 342 g/mol. The van der Waals surface area contributed by atoms with Crippen molar-refractivity contribution in [2.24, 2.45) is 5.92 Å². The van der Waals surface area contributed by atoms with Crippen molar-refractivity contribution < 1.29 is 14.0 Å². The molecule has 3 aromatic rings. The standard InChI is InChI=1S/C21H23N3O3/c1-14(2)19(21-23-20(24-27-21)16-6-4-3-5-7-16)22-13-15-8-9-17-18(12-15)26-11-10-25-17/h3-9,12,14,19,22H,10-11,13H2,1-2H3. The van der Waals surface area contributed by atoms with Gasteiger partial charge in [0.15, 0.2) is 11.5 Å². The SMILES string of the molecule is CC(C)C(NCc1ccc2c(c1)OCCO2)c1nc(-c2ccccc2)no1. The molecule has 2 aromatic carbocycles. The number of nitrogens with one attached hydrogen (secondary N) is 1. The van der Waals surface area contributed by atoms with Crippen molar-refractivity contribution in [3.63, 3.8) is 0 Å². The zero-order valence-corrected chi connectivity index (χ0v) is 15.5. The molecule has 140 valence electrons. The highest BCUT2D eigenvalue weighted by atomic mass is 16.6. The first-order chi connectivity index (χ1) is 13.2. The van der Waals surface area contributed by atoms with Gasteiger partial charge in [0.25, 0.3) is 0 Å². The molecule has 6 heteroatoms. The van der Waals surface area contributed by atoms with E-state index in [2.05, 4.69) is 29.3 Å². The highest BCUT2D eigenvalue weighted by molar-refractivity contribution is 5.53. The summed E-state index contributed by atoms with van der Waals surface area (Å²) in [7, 11) is 0. The van der Waals surface area contributed by atoms with Crippen LogP contribution in [-0.2, 0) is 6.54 Å². The summed E-state index contributed by atoms with van der Waals surface area (Å²) in [5.74, 6) is 3.10. The van der Waals surface area contributed by atoms with Gasteiger partial charge < -0.3 is 19.3 Å². The van der Waals surface area contributed by atoms with Crippen LogP contribution >= 0.6 is 0 Å². The highest BCUT2D eigenvalue weighted by Gasteiger charge is 2.23. The minimum atomic E-state index is -0.0387. The highest BCUT2D eigenvalue weighted by Crippen LogP contribution is 2.31. The van der Waals surface area contributed by atoms with Crippen LogP contribution in [0.25, 0.3) is 11.4 Å². The Morgan fingerprint density at radius 3 is 2.56 bits per heavy atom. The van der Waals surface area contributed by atoms with Crippen LogP contribution in [0.1, 0.15) is 31.3 Å². The molecular formula is C21H23N3O3. The van der Waals surface area contributed by atoms with Crippen LogP contribution < -0.4 is 14.8 Å². The summed E-state index contributed by atoms with van der Waals surface area (Å²) < 4.78 is 16.8. The number of fused-ring (bicyclic) bond motifs is 1. The summed E-state index contributed by atoms with van der Waals surface area (Å²) in [6.45, 7) is 6.12. The van der Waals surface area contributed by atoms with E-state index in [-0.39, 0.29) is 6.04 Å². The Hall–Kier alpha value is -2.86. The molecule has 0 radical (unpaired) electrons. The molecule has 1 aliphatic heterocycles. The average molecular weight is 365 g/mol. The van der Waals surface area contributed by atoms with E-state index >= 15 is 0 Å². The van der Waals surface area contributed by atoms with E-state index in [1.807, 2.05) is 48.5 Å². The maximum absolute atomic E-state index is 5.66. The van der Waals surface area contributed by atoms with Crippen molar-refractivity contribution in [2.75, 3.05) is 13.2 Å². The van der Waals surface area contributed by atoms with Gasteiger partial charge in [0.1, 0.15) is 13.2 Å². The van der Waals surface area contributed by atoms with Gasteiger partial charge in [0.05, 0.1) is 6.04 Å². The van der Waals surface area contributed by atoms with Crippen molar-refractivity contribution in [1.29, 1.82) is 0 Å². The lowest BCUT2D eigenvalue weighted by atomic mass is 10.0. The molecule has 0 saturated carbocycles. The third kappa shape index (κ3) is 3.95. The number of nitrogens with zero attached hydrogens (tertiary/aromatic N) is 2. The Morgan fingerprint density at radius 2 is 1.78 bits per heavy atom. The summed E-state index contributed by atoms with van der Waals surface area (Å²) in [5, 5.41) is 7.67. The second-order valence-corrected chi connectivity index (χ2v) is 6.90. The van der Waals surface area contributed by atoms with E-state index in [4.69, 9.17) is 14.0 Å². The first kappa shape index (κ1) is 17.5. The maximum Gasteiger partial charge on any atom is 0.244 e. The Balaban J connectivity index is 1.48. The molecule has 6 nitrogen and oxygen atoms in total. The Labute approximate surface area is 158 Å². The van der Waals surface area contributed by atoms with Crippen molar-refractivity contribution in [3.05, 3.63) is 60.0 Å². The van der Waals surface area contributed by atoms with Crippen LogP contribution in [0.5, 0.6) is 11.5 Å². The minimum Gasteiger partial charge on any atom is -0.486 e. The lowest BCUT2D eigenvalue weighted by Crippen LogP contribution is -2.26. The van der Waals surface area contributed by atoms with Crippen LogP contribution in [0.3, 0.4) is 0 Å². The Bertz CT molecular complexity index is 893. The molecule has 1 aliphatic rings. The summed E-state index contributed by atoms with van der Waals surface area (Å²) >= 11 is 0. The minimum absolute atomic E-state index is 0.0387. The monoisotopic (exact) mass is 365 g/mol. The van der Waals surface area contributed by atoms with Crippen molar-refractivity contribution >= 4 is 0 Å². The zero-order valence-electron chi connectivity index (χ0n) is 15.5. The molecule has 0 amide bonds. The molecule has 4 rings (SSSR count). The van der Waals surface area contributed by atoms with Gasteiger partial charge in [-0.3, -0.25) is 0 Å². The van der Waals surface area contributed by atoms with Gasteiger partial charge in [-0.15, -0.1) is 0 Å². The fraction of sp³-hybridized carbons (Fsp3) is 0.333. The normalized spacial score (nSPS) is 14.3. The number of hydrogen-bond acceptors (Lipinski definition) is 6. The first-order valence-electron chi connectivity index (χ1n) is 9.21. The number of aromatic nitrogens is 2. The topological polar surface area (TPSA) is 69.4 Å². The lowest BCUT2D eigenvalue weighted by molar-refractivity contribution is 0.171. The number of hydrogen-bond donors (Lipinski definition) is 1. The molecule has 1 atom stereocenters. The number of benzene rings is 2. The number of rotatable bonds is 6. The lowest BCUT2D eigenvalue weighted by Gasteiger charge is -2.21. The van der Waals surface area contributed by atoms with Crippen LogP contribution in [0.15, 0.2) is 53.1 Å². The maximum atomic E-state index is 5.66. The van der Waals surface area contributed by atoms with E-state index in [0.717, 1.165) is 22.6 Å². The predicted molar refractivity (Wildman–Crippen MR) is 102 cm³/mol. The summed E-state index contributed by atoms with van der Waals surface area (Å²) in [6.07, 6.45) is 0. The van der Waals surface area contributed by atoms with E-state index in [9.17, 15) is 0 Å². The van der Waals surface area contributed by atoms with Crippen molar-refractivity contribution in [2.45, 2.75) is 26.4 Å². The third-order valence-corrected chi connectivity index (χ3v) is 4.54. The molecule has 1 unspecified atom stereocenters. The average Bonchev–Trinajstić information content (AvgIpc) is 3.18. The molecule has 0 saturated heterocycles. The fourth-order valence-corrected chi connectivity index (χ4v) is 3.10. The third-order valence-electron chi connectivity index (χ3n) is 4.54.